The number of nitrogens with two attached hydrogens (primary N) is 1. The first-order valence-corrected chi connectivity index (χ1v) is 6.34. The molecule has 0 aliphatic carbocycles. The predicted octanol–water partition coefficient (Wildman–Crippen LogP) is 2.25. The first-order chi connectivity index (χ1) is 8.43. The summed E-state index contributed by atoms with van der Waals surface area (Å²) in [6.45, 7) is 9.43. The molecular formula is C14H23N3O. The molecule has 0 saturated heterocycles. The molecule has 0 bridgehead atoms. The van der Waals surface area contributed by atoms with Gasteiger partial charge in [-0.1, -0.05) is 13.0 Å². The molecular weight excluding hydrogens is 226 g/mol. The molecule has 0 aromatic heterocycles. The summed E-state index contributed by atoms with van der Waals surface area (Å²) < 4.78 is 0. The Bertz CT molecular complexity index is 416. The lowest BCUT2D eigenvalue weighted by atomic mass is 10.2. The van der Waals surface area contributed by atoms with Gasteiger partial charge in [0.15, 0.2) is 0 Å². The fourth-order valence-electron chi connectivity index (χ4n) is 1.76. The van der Waals surface area contributed by atoms with E-state index in [0.717, 1.165) is 17.8 Å². The lowest BCUT2D eigenvalue weighted by Crippen LogP contribution is -2.37. The quantitative estimate of drug-likeness (QED) is 0.787. The van der Waals surface area contributed by atoms with E-state index >= 15 is 0 Å². The van der Waals surface area contributed by atoms with Gasteiger partial charge in [-0.25, -0.2) is 0 Å². The van der Waals surface area contributed by atoms with Crippen molar-refractivity contribution in [2.24, 2.45) is 0 Å². The number of hydrogen-bond acceptors (Lipinski definition) is 3. The van der Waals surface area contributed by atoms with Crippen LogP contribution in [0.15, 0.2) is 18.2 Å². The number of nitrogens with zero attached hydrogens (tertiary/aromatic N) is 1. The van der Waals surface area contributed by atoms with Crippen molar-refractivity contribution in [3.63, 3.8) is 0 Å². The number of anilines is 2. The highest BCUT2D eigenvalue weighted by Crippen LogP contribution is 2.16. The number of amides is 1. The zero-order valence-corrected chi connectivity index (χ0v) is 11.7. The van der Waals surface area contributed by atoms with E-state index in [4.69, 9.17) is 5.73 Å². The molecule has 1 aromatic carbocycles. The van der Waals surface area contributed by atoms with Gasteiger partial charge >= 0.3 is 0 Å². The zero-order chi connectivity index (χ0) is 13.7. The van der Waals surface area contributed by atoms with Crippen molar-refractivity contribution in [2.75, 3.05) is 24.1 Å². The molecule has 4 heteroatoms. The van der Waals surface area contributed by atoms with E-state index in [1.54, 1.807) is 6.07 Å². The number of carbonyl (C=O) groups excluding carboxylic acids is 1. The molecule has 1 aromatic rings. The van der Waals surface area contributed by atoms with Gasteiger partial charge in [0, 0.05) is 17.4 Å². The van der Waals surface area contributed by atoms with Gasteiger partial charge in [0.05, 0.1) is 6.54 Å². The van der Waals surface area contributed by atoms with Gasteiger partial charge in [-0.3, -0.25) is 9.69 Å². The predicted molar refractivity (Wildman–Crippen MR) is 76.6 cm³/mol. The summed E-state index contributed by atoms with van der Waals surface area (Å²) >= 11 is 0. The Labute approximate surface area is 109 Å². The lowest BCUT2D eigenvalue weighted by molar-refractivity contribution is -0.117. The number of rotatable bonds is 5. The number of likely N-dealkylation sites (N-methyl/N-ethyl adjacent to an activating group) is 1. The third-order valence-electron chi connectivity index (χ3n) is 3.05. The number of carbonyl (C=O) groups is 1. The molecule has 0 radical (unpaired) electrons. The maximum Gasteiger partial charge on any atom is 0.238 e. The second-order valence-electron chi connectivity index (χ2n) is 4.78. The van der Waals surface area contributed by atoms with Crippen LogP contribution in [0.3, 0.4) is 0 Å². The monoisotopic (exact) mass is 249 g/mol. The van der Waals surface area contributed by atoms with Crippen molar-refractivity contribution in [1.82, 2.24) is 4.90 Å². The molecule has 0 unspecified atom stereocenters. The van der Waals surface area contributed by atoms with Crippen LogP contribution in [-0.2, 0) is 4.79 Å². The Morgan fingerprint density at radius 1 is 1.44 bits per heavy atom. The van der Waals surface area contributed by atoms with Crippen LogP contribution in [0, 0.1) is 6.92 Å². The summed E-state index contributed by atoms with van der Waals surface area (Å²) in [4.78, 5) is 14.0. The number of nitrogens with one attached hydrogen (secondary N) is 1. The van der Waals surface area contributed by atoms with Crippen LogP contribution in [0.2, 0.25) is 0 Å². The van der Waals surface area contributed by atoms with Gasteiger partial charge in [0.25, 0.3) is 0 Å². The maximum absolute atomic E-state index is 11.9. The molecule has 1 rings (SSSR count). The number of aryl methyl sites for hydroxylation is 1. The van der Waals surface area contributed by atoms with Gasteiger partial charge in [0.1, 0.15) is 0 Å². The van der Waals surface area contributed by atoms with Gasteiger partial charge in [-0.15, -0.1) is 0 Å². The molecule has 3 N–H and O–H groups in total. The molecule has 0 fully saturated rings. The first kappa shape index (κ1) is 14.5. The standard InChI is InChI=1S/C14H23N3O/c1-5-17(10(2)3)9-14(18)16-12-7-6-11(4)13(15)8-12/h6-8,10H,5,9,15H2,1-4H3,(H,16,18). The molecule has 4 nitrogen and oxygen atoms in total. The molecule has 100 valence electrons. The highest BCUT2D eigenvalue weighted by atomic mass is 16.2. The summed E-state index contributed by atoms with van der Waals surface area (Å²) in [5.41, 5.74) is 8.28. The van der Waals surface area contributed by atoms with E-state index in [2.05, 4.69) is 31.0 Å². The van der Waals surface area contributed by atoms with Gasteiger partial charge in [-0.2, -0.15) is 0 Å². The second kappa shape index (κ2) is 6.40. The SMILES string of the molecule is CCN(CC(=O)Nc1ccc(C)c(N)c1)C(C)C. The Kier molecular flexibility index (Phi) is 5.16. The maximum atomic E-state index is 11.9. The van der Waals surface area contributed by atoms with Crippen LogP contribution in [0.5, 0.6) is 0 Å². The van der Waals surface area contributed by atoms with E-state index in [1.807, 2.05) is 19.1 Å². The molecule has 0 heterocycles. The zero-order valence-electron chi connectivity index (χ0n) is 11.7. The van der Waals surface area contributed by atoms with Crippen LogP contribution < -0.4 is 11.1 Å². The van der Waals surface area contributed by atoms with Crippen molar-refractivity contribution < 1.29 is 4.79 Å². The highest BCUT2D eigenvalue weighted by Gasteiger charge is 2.12. The molecule has 0 atom stereocenters. The minimum absolute atomic E-state index is 0.00574. The fourth-order valence-corrected chi connectivity index (χ4v) is 1.76. The smallest absolute Gasteiger partial charge is 0.238 e. The molecule has 0 aliphatic heterocycles. The minimum atomic E-state index is -0.00574. The van der Waals surface area contributed by atoms with E-state index in [1.165, 1.54) is 0 Å². The van der Waals surface area contributed by atoms with E-state index in [0.29, 0.717) is 18.3 Å². The number of hydrogen-bond donors (Lipinski definition) is 2. The lowest BCUT2D eigenvalue weighted by Gasteiger charge is -2.23. The van der Waals surface area contributed by atoms with Gasteiger partial charge < -0.3 is 11.1 Å². The first-order valence-electron chi connectivity index (χ1n) is 6.34. The Morgan fingerprint density at radius 3 is 2.61 bits per heavy atom. The fraction of sp³-hybridized carbons (Fsp3) is 0.500. The average molecular weight is 249 g/mol. The van der Waals surface area contributed by atoms with Crippen LogP contribution in [0.4, 0.5) is 11.4 Å². The second-order valence-corrected chi connectivity index (χ2v) is 4.78. The number of benzene rings is 1. The molecule has 0 spiro atoms. The summed E-state index contributed by atoms with van der Waals surface area (Å²) in [6.07, 6.45) is 0. The summed E-state index contributed by atoms with van der Waals surface area (Å²) in [5, 5.41) is 2.87. The van der Waals surface area contributed by atoms with Gasteiger partial charge in [-0.05, 0) is 45.0 Å². The molecule has 1 amide bonds. The van der Waals surface area contributed by atoms with Gasteiger partial charge in [0.2, 0.25) is 5.91 Å². The van der Waals surface area contributed by atoms with Crippen molar-refractivity contribution in [3.05, 3.63) is 23.8 Å². The van der Waals surface area contributed by atoms with Crippen LogP contribution >= 0.6 is 0 Å². The van der Waals surface area contributed by atoms with E-state index in [-0.39, 0.29) is 5.91 Å². The highest BCUT2D eigenvalue weighted by molar-refractivity contribution is 5.92. The summed E-state index contributed by atoms with van der Waals surface area (Å²) in [7, 11) is 0. The topological polar surface area (TPSA) is 58.4 Å². The Hall–Kier alpha value is -1.55. The van der Waals surface area contributed by atoms with Crippen LogP contribution in [-0.4, -0.2) is 29.9 Å². The van der Waals surface area contributed by atoms with E-state index < -0.39 is 0 Å². The van der Waals surface area contributed by atoms with Crippen molar-refractivity contribution in [3.8, 4) is 0 Å². The minimum Gasteiger partial charge on any atom is -0.398 e. The Morgan fingerprint density at radius 2 is 2.11 bits per heavy atom. The average Bonchev–Trinajstić information content (AvgIpc) is 2.30. The van der Waals surface area contributed by atoms with Crippen molar-refractivity contribution in [2.45, 2.75) is 33.7 Å². The van der Waals surface area contributed by atoms with E-state index in [9.17, 15) is 4.79 Å². The van der Waals surface area contributed by atoms with Crippen molar-refractivity contribution >= 4 is 17.3 Å². The largest absolute Gasteiger partial charge is 0.398 e. The third-order valence-corrected chi connectivity index (χ3v) is 3.05. The van der Waals surface area contributed by atoms with Crippen molar-refractivity contribution in [1.29, 1.82) is 0 Å². The summed E-state index contributed by atoms with van der Waals surface area (Å²) in [6, 6.07) is 5.93. The normalized spacial score (nSPS) is 11.0. The summed E-state index contributed by atoms with van der Waals surface area (Å²) in [5.74, 6) is -0.00574. The number of nitrogen functional groups attached to an aromatic ring is 1. The molecule has 0 saturated carbocycles. The third kappa shape index (κ3) is 4.04. The Balaban J connectivity index is 2.61. The molecule has 18 heavy (non-hydrogen) atoms. The molecule has 0 aliphatic rings. The van der Waals surface area contributed by atoms with Crippen LogP contribution in [0.1, 0.15) is 26.3 Å². The van der Waals surface area contributed by atoms with Crippen LogP contribution in [0.25, 0.3) is 0 Å².